The lowest BCUT2D eigenvalue weighted by atomic mass is 10.2. The Kier molecular flexibility index (Phi) is 4.95. The molecule has 0 radical (unpaired) electrons. The Morgan fingerprint density at radius 1 is 1.24 bits per heavy atom. The van der Waals surface area contributed by atoms with Crippen LogP contribution in [0.25, 0.3) is 11.0 Å². The van der Waals surface area contributed by atoms with E-state index in [-0.39, 0.29) is 5.69 Å². The van der Waals surface area contributed by atoms with Crippen LogP contribution in [0.3, 0.4) is 0 Å². The second-order valence-electron chi connectivity index (χ2n) is 5.60. The van der Waals surface area contributed by atoms with E-state index in [1.54, 1.807) is 10.8 Å². The molecule has 0 unspecified atom stereocenters. The van der Waals surface area contributed by atoms with Gasteiger partial charge in [0.05, 0.1) is 17.6 Å². The molecule has 5 nitrogen and oxygen atoms in total. The van der Waals surface area contributed by atoms with Gasteiger partial charge in [-0.05, 0) is 55.6 Å². The minimum absolute atomic E-state index is 0.133. The van der Waals surface area contributed by atoms with Crippen molar-refractivity contribution in [2.24, 2.45) is 4.99 Å². The first-order chi connectivity index (χ1) is 12.2. The van der Waals surface area contributed by atoms with Gasteiger partial charge in [-0.15, -0.1) is 0 Å². The number of benzene rings is 2. The van der Waals surface area contributed by atoms with E-state index < -0.39 is 0 Å². The molecule has 3 rings (SSSR count). The zero-order chi connectivity index (χ0) is 17.6. The fraction of sp³-hybridized carbons (Fsp3) is 0.100. The van der Waals surface area contributed by atoms with Gasteiger partial charge in [-0.1, -0.05) is 24.3 Å². The van der Waals surface area contributed by atoms with Crippen LogP contribution in [-0.2, 0) is 6.54 Å². The number of hydrogen-bond acceptors (Lipinski definition) is 3. The highest BCUT2D eigenvalue weighted by atomic mass is 16.1. The van der Waals surface area contributed by atoms with Gasteiger partial charge in [0.25, 0.3) is 0 Å². The second-order valence-corrected chi connectivity index (χ2v) is 5.60. The molecule has 3 aromatic rings. The van der Waals surface area contributed by atoms with Crippen LogP contribution >= 0.6 is 0 Å². The van der Waals surface area contributed by atoms with Crippen molar-refractivity contribution in [2.75, 3.05) is 5.32 Å². The van der Waals surface area contributed by atoms with Crippen molar-refractivity contribution in [2.45, 2.75) is 13.5 Å². The number of nitrogens with one attached hydrogen (secondary N) is 2. The van der Waals surface area contributed by atoms with Crippen molar-refractivity contribution in [3.8, 4) is 0 Å². The van der Waals surface area contributed by atoms with Crippen molar-refractivity contribution < 1.29 is 0 Å². The molecule has 1 heterocycles. The Labute approximate surface area is 146 Å². The predicted molar refractivity (Wildman–Crippen MR) is 105 cm³/mol. The third-order valence-corrected chi connectivity index (χ3v) is 3.94. The first-order valence-electron chi connectivity index (χ1n) is 8.03. The summed E-state index contributed by atoms with van der Waals surface area (Å²) in [7, 11) is 0. The quantitative estimate of drug-likeness (QED) is 0.524. The molecule has 0 saturated carbocycles. The van der Waals surface area contributed by atoms with Crippen LogP contribution in [0.4, 0.5) is 11.4 Å². The summed E-state index contributed by atoms with van der Waals surface area (Å²) in [4.78, 5) is 19.0. The monoisotopic (exact) mass is 332 g/mol. The molecule has 0 spiro atoms. The number of fused-ring (bicyclic) bond motifs is 1. The molecular weight excluding hydrogens is 312 g/mol. The molecule has 0 fully saturated rings. The summed E-state index contributed by atoms with van der Waals surface area (Å²) in [5, 5.41) is 3.33. The topological polar surface area (TPSA) is 62.2 Å². The number of para-hydroxylation sites is 1. The van der Waals surface area contributed by atoms with Crippen molar-refractivity contribution in [3.63, 3.8) is 0 Å². The normalized spacial score (nSPS) is 12.0. The molecule has 5 heteroatoms. The van der Waals surface area contributed by atoms with Crippen molar-refractivity contribution >= 4 is 29.1 Å². The van der Waals surface area contributed by atoms with Crippen LogP contribution in [0.5, 0.6) is 0 Å². The molecule has 2 aromatic carbocycles. The standard InChI is InChI=1S/C20H20N4O/c1-3-15(11-12-21-2)14-24-19-10-9-17(13-18(19)23-20(24)25)22-16-7-5-4-6-8-16/h3-13,22H,2,14H2,1H3,(H,23,25)/b12-11-,15-3+. The van der Waals surface area contributed by atoms with Crippen molar-refractivity contribution in [1.82, 2.24) is 9.55 Å². The van der Waals surface area contributed by atoms with Crippen LogP contribution in [0.15, 0.2) is 82.2 Å². The fourth-order valence-electron chi connectivity index (χ4n) is 2.66. The average Bonchev–Trinajstić information content (AvgIpc) is 2.94. The molecule has 0 aliphatic heterocycles. The Balaban J connectivity index is 1.91. The molecule has 0 aliphatic rings. The summed E-state index contributed by atoms with van der Waals surface area (Å²) in [5.74, 6) is 0. The number of aromatic amines is 1. The van der Waals surface area contributed by atoms with Gasteiger partial charge in [0.15, 0.2) is 0 Å². The zero-order valence-electron chi connectivity index (χ0n) is 14.1. The van der Waals surface area contributed by atoms with Crippen LogP contribution in [0.1, 0.15) is 6.92 Å². The van der Waals surface area contributed by atoms with E-state index in [0.717, 1.165) is 28.0 Å². The zero-order valence-corrected chi connectivity index (χ0v) is 14.1. The van der Waals surface area contributed by atoms with Crippen LogP contribution in [0, 0.1) is 0 Å². The molecule has 0 amide bonds. The van der Waals surface area contributed by atoms with E-state index in [2.05, 4.69) is 22.0 Å². The molecule has 1 aromatic heterocycles. The van der Waals surface area contributed by atoms with Crippen LogP contribution < -0.4 is 11.0 Å². The van der Waals surface area contributed by atoms with E-state index in [4.69, 9.17) is 0 Å². The number of nitrogens with zero attached hydrogens (tertiary/aromatic N) is 2. The summed E-state index contributed by atoms with van der Waals surface area (Å²) < 4.78 is 1.71. The van der Waals surface area contributed by atoms with Crippen LogP contribution in [0.2, 0.25) is 0 Å². The van der Waals surface area contributed by atoms with Gasteiger partial charge < -0.3 is 10.3 Å². The molecule has 0 bridgehead atoms. The molecule has 2 N–H and O–H groups in total. The SMILES string of the molecule is C=N/C=C\C(=C/C)Cn1c(=O)[nH]c2cc(Nc3ccccc3)ccc21. The van der Waals surface area contributed by atoms with Crippen LogP contribution in [-0.4, -0.2) is 16.3 Å². The minimum atomic E-state index is -0.133. The third-order valence-electron chi connectivity index (χ3n) is 3.94. The highest BCUT2D eigenvalue weighted by Gasteiger charge is 2.08. The molecule has 25 heavy (non-hydrogen) atoms. The second kappa shape index (κ2) is 7.49. The molecular formula is C20H20N4O. The van der Waals surface area contributed by atoms with Gasteiger partial charge >= 0.3 is 5.69 Å². The van der Waals surface area contributed by atoms with Gasteiger partial charge in [-0.2, -0.15) is 0 Å². The maximum Gasteiger partial charge on any atom is 0.326 e. The Morgan fingerprint density at radius 2 is 2.04 bits per heavy atom. The summed E-state index contributed by atoms with van der Waals surface area (Å²) in [6.07, 6.45) is 5.43. The van der Waals surface area contributed by atoms with E-state index in [1.165, 1.54) is 0 Å². The summed E-state index contributed by atoms with van der Waals surface area (Å²) in [5.41, 5.74) is 4.44. The smallest absolute Gasteiger partial charge is 0.326 e. The molecule has 0 atom stereocenters. The first-order valence-corrected chi connectivity index (χ1v) is 8.03. The molecule has 126 valence electrons. The average molecular weight is 332 g/mol. The number of H-pyrrole nitrogens is 1. The maximum atomic E-state index is 12.3. The lowest BCUT2D eigenvalue weighted by Crippen LogP contribution is -2.17. The number of hydrogen-bond donors (Lipinski definition) is 2. The summed E-state index contributed by atoms with van der Waals surface area (Å²) in [6.45, 7) is 5.84. The van der Waals surface area contributed by atoms with Gasteiger partial charge in [-0.3, -0.25) is 9.56 Å². The van der Waals surface area contributed by atoms with Gasteiger partial charge in [0, 0.05) is 17.6 Å². The maximum absolute atomic E-state index is 12.3. The van der Waals surface area contributed by atoms with Gasteiger partial charge in [0.1, 0.15) is 0 Å². The largest absolute Gasteiger partial charge is 0.355 e. The first kappa shape index (κ1) is 16.5. The fourth-order valence-corrected chi connectivity index (χ4v) is 2.66. The Hall–Kier alpha value is -3.34. The summed E-state index contributed by atoms with van der Waals surface area (Å²) >= 11 is 0. The molecule has 0 saturated heterocycles. The number of imidazole rings is 1. The number of rotatable bonds is 6. The van der Waals surface area contributed by atoms with E-state index >= 15 is 0 Å². The predicted octanol–water partition coefficient (Wildman–Crippen LogP) is 4.23. The molecule has 0 aliphatic carbocycles. The third kappa shape index (κ3) is 3.77. The van der Waals surface area contributed by atoms with E-state index in [0.29, 0.717) is 6.54 Å². The van der Waals surface area contributed by atoms with Gasteiger partial charge in [-0.25, -0.2) is 4.79 Å². The van der Waals surface area contributed by atoms with Crippen molar-refractivity contribution in [3.05, 3.63) is 82.9 Å². The number of anilines is 2. The lowest BCUT2D eigenvalue weighted by molar-refractivity contribution is 0.784. The van der Waals surface area contributed by atoms with E-state index in [9.17, 15) is 4.79 Å². The Bertz CT molecular complexity index is 993. The minimum Gasteiger partial charge on any atom is -0.355 e. The summed E-state index contributed by atoms with van der Waals surface area (Å²) in [6, 6.07) is 15.8. The highest BCUT2D eigenvalue weighted by molar-refractivity contribution is 5.81. The van der Waals surface area contributed by atoms with E-state index in [1.807, 2.05) is 67.6 Å². The van der Waals surface area contributed by atoms with Gasteiger partial charge in [0.2, 0.25) is 0 Å². The number of allylic oxidation sites excluding steroid dienone is 3. The number of aliphatic imine (C=N–C) groups is 1. The lowest BCUT2D eigenvalue weighted by Gasteiger charge is -2.07. The number of aromatic nitrogens is 2. The highest BCUT2D eigenvalue weighted by Crippen LogP contribution is 2.21. The Morgan fingerprint density at radius 3 is 2.76 bits per heavy atom. The van der Waals surface area contributed by atoms with Crippen molar-refractivity contribution in [1.29, 1.82) is 0 Å².